The maximum atomic E-state index is 11.8. The summed E-state index contributed by atoms with van der Waals surface area (Å²) in [5.74, 6) is 0.491. The highest BCUT2D eigenvalue weighted by Gasteiger charge is 2.08. The van der Waals surface area contributed by atoms with Crippen LogP contribution in [0.5, 0.6) is 11.5 Å². The SMILES string of the molecule is Cc1ccc(OC(=O)c2ccc(C)cc2)cc1.Cc1ccc(OC(=O)c2ccc(C)cc2)cc1. The van der Waals surface area contributed by atoms with Gasteiger partial charge in [0, 0.05) is 0 Å². The third-order valence-corrected chi connectivity index (χ3v) is 5.04. The fraction of sp³-hybridized carbons (Fsp3) is 0.133. The number of ether oxygens (including phenoxy) is 2. The van der Waals surface area contributed by atoms with E-state index in [1.807, 2.05) is 76.2 Å². The van der Waals surface area contributed by atoms with E-state index in [2.05, 4.69) is 0 Å². The van der Waals surface area contributed by atoms with E-state index in [0.717, 1.165) is 22.3 Å². The van der Waals surface area contributed by atoms with Crippen LogP contribution >= 0.6 is 0 Å². The summed E-state index contributed by atoms with van der Waals surface area (Å²) in [7, 11) is 0. The number of rotatable bonds is 4. The highest BCUT2D eigenvalue weighted by Crippen LogP contribution is 2.15. The molecular weight excluding hydrogens is 424 g/mol. The summed E-state index contributed by atoms with van der Waals surface area (Å²) >= 11 is 0. The van der Waals surface area contributed by atoms with Crippen molar-refractivity contribution >= 4 is 11.9 Å². The van der Waals surface area contributed by atoms with Gasteiger partial charge in [0.25, 0.3) is 0 Å². The van der Waals surface area contributed by atoms with Crippen molar-refractivity contribution in [3.05, 3.63) is 130 Å². The largest absolute Gasteiger partial charge is 0.423 e. The van der Waals surface area contributed by atoms with Crippen LogP contribution in [0.15, 0.2) is 97.1 Å². The molecule has 0 bridgehead atoms. The standard InChI is InChI=1S/2C15H14O2/c2*1-11-3-7-13(8-4-11)15(16)17-14-9-5-12(2)6-10-14/h2*3-10H,1-2H3. The molecule has 0 aliphatic rings. The van der Waals surface area contributed by atoms with Crippen molar-refractivity contribution in [1.82, 2.24) is 0 Å². The second-order valence-corrected chi connectivity index (χ2v) is 8.14. The topological polar surface area (TPSA) is 52.6 Å². The van der Waals surface area contributed by atoms with Crippen LogP contribution in [0.3, 0.4) is 0 Å². The average molecular weight is 453 g/mol. The van der Waals surface area contributed by atoms with Crippen molar-refractivity contribution in [3.63, 3.8) is 0 Å². The van der Waals surface area contributed by atoms with Gasteiger partial charge >= 0.3 is 11.9 Å². The summed E-state index contributed by atoms with van der Waals surface area (Å²) < 4.78 is 10.5. The molecule has 4 rings (SSSR count). The molecule has 4 aromatic rings. The fourth-order valence-electron chi connectivity index (χ4n) is 2.92. The van der Waals surface area contributed by atoms with Gasteiger partial charge in [-0.15, -0.1) is 0 Å². The van der Waals surface area contributed by atoms with Crippen LogP contribution in [0.2, 0.25) is 0 Å². The third kappa shape index (κ3) is 7.45. The molecule has 0 atom stereocenters. The van der Waals surface area contributed by atoms with Gasteiger partial charge in [0.1, 0.15) is 11.5 Å². The van der Waals surface area contributed by atoms with Crippen molar-refractivity contribution in [3.8, 4) is 11.5 Å². The lowest BCUT2D eigenvalue weighted by Crippen LogP contribution is -2.08. The van der Waals surface area contributed by atoms with Gasteiger partial charge in [-0.25, -0.2) is 9.59 Å². The van der Waals surface area contributed by atoms with Crippen LogP contribution in [0.1, 0.15) is 43.0 Å². The van der Waals surface area contributed by atoms with Crippen LogP contribution in [0.4, 0.5) is 0 Å². The van der Waals surface area contributed by atoms with E-state index < -0.39 is 0 Å². The zero-order chi connectivity index (χ0) is 24.5. The Kier molecular flexibility index (Phi) is 8.36. The summed E-state index contributed by atoms with van der Waals surface area (Å²) in [5, 5.41) is 0. The maximum Gasteiger partial charge on any atom is 0.343 e. The summed E-state index contributed by atoms with van der Waals surface area (Å²) in [6, 6.07) is 29.5. The highest BCUT2D eigenvalue weighted by molar-refractivity contribution is 5.91. The van der Waals surface area contributed by atoms with E-state index in [1.165, 1.54) is 0 Å². The molecule has 0 amide bonds. The first kappa shape index (κ1) is 24.5. The van der Waals surface area contributed by atoms with Gasteiger partial charge in [0.15, 0.2) is 0 Å². The second-order valence-electron chi connectivity index (χ2n) is 8.14. The van der Waals surface area contributed by atoms with Crippen LogP contribution in [-0.4, -0.2) is 11.9 Å². The molecule has 0 aliphatic carbocycles. The van der Waals surface area contributed by atoms with Crippen molar-refractivity contribution in [2.24, 2.45) is 0 Å². The molecule has 0 radical (unpaired) electrons. The molecule has 0 aliphatic heterocycles. The van der Waals surface area contributed by atoms with Gasteiger partial charge in [-0.3, -0.25) is 0 Å². The third-order valence-electron chi connectivity index (χ3n) is 5.04. The lowest BCUT2D eigenvalue weighted by Gasteiger charge is -2.04. The Balaban J connectivity index is 0.000000191. The molecule has 4 aromatic carbocycles. The molecule has 0 unspecified atom stereocenters. The van der Waals surface area contributed by atoms with Crippen LogP contribution in [-0.2, 0) is 0 Å². The minimum atomic E-state index is -0.325. The van der Waals surface area contributed by atoms with Crippen LogP contribution in [0.25, 0.3) is 0 Å². The summed E-state index contributed by atoms with van der Waals surface area (Å²) in [5.41, 5.74) is 5.65. The Hall–Kier alpha value is -4.18. The number of aryl methyl sites for hydroxylation is 4. The minimum Gasteiger partial charge on any atom is -0.423 e. The number of benzene rings is 4. The molecule has 34 heavy (non-hydrogen) atoms. The predicted molar refractivity (Wildman–Crippen MR) is 135 cm³/mol. The summed E-state index contributed by atoms with van der Waals surface area (Å²) in [6.45, 7) is 7.95. The summed E-state index contributed by atoms with van der Waals surface area (Å²) in [6.07, 6.45) is 0. The normalized spacial score (nSPS) is 10.0. The Morgan fingerprint density at radius 2 is 0.647 bits per heavy atom. The first-order valence-corrected chi connectivity index (χ1v) is 11.0. The molecule has 0 fully saturated rings. The van der Waals surface area contributed by atoms with Gasteiger partial charge in [0.2, 0.25) is 0 Å². The minimum absolute atomic E-state index is 0.325. The first-order chi connectivity index (χ1) is 16.3. The molecular formula is C30H28O4. The van der Waals surface area contributed by atoms with E-state index >= 15 is 0 Å². The van der Waals surface area contributed by atoms with Crippen molar-refractivity contribution in [2.45, 2.75) is 27.7 Å². The molecule has 0 heterocycles. The quantitative estimate of drug-likeness (QED) is 0.246. The highest BCUT2D eigenvalue weighted by atomic mass is 16.5. The van der Waals surface area contributed by atoms with E-state index in [-0.39, 0.29) is 11.9 Å². The molecule has 0 saturated heterocycles. The Morgan fingerprint density at radius 1 is 0.412 bits per heavy atom. The van der Waals surface area contributed by atoms with Crippen molar-refractivity contribution < 1.29 is 19.1 Å². The number of hydrogen-bond acceptors (Lipinski definition) is 4. The Morgan fingerprint density at radius 3 is 0.912 bits per heavy atom. The van der Waals surface area contributed by atoms with E-state index in [9.17, 15) is 9.59 Å². The van der Waals surface area contributed by atoms with Gasteiger partial charge in [-0.1, -0.05) is 70.8 Å². The maximum absolute atomic E-state index is 11.8. The van der Waals surface area contributed by atoms with Crippen molar-refractivity contribution in [1.29, 1.82) is 0 Å². The van der Waals surface area contributed by atoms with E-state index in [4.69, 9.17) is 9.47 Å². The molecule has 4 nitrogen and oxygen atoms in total. The molecule has 4 heteroatoms. The zero-order valence-electron chi connectivity index (χ0n) is 19.9. The first-order valence-electron chi connectivity index (χ1n) is 11.0. The molecule has 0 saturated carbocycles. The predicted octanol–water partition coefficient (Wildman–Crippen LogP) is 7.05. The summed E-state index contributed by atoms with van der Waals surface area (Å²) in [4.78, 5) is 23.6. The monoisotopic (exact) mass is 452 g/mol. The van der Waals surface area contributed by atoms with Crippen LogP contribution < -0.4 is 9.47 Å². The molecule has 0 aromatic heterocycles. The van der Waals surface area contributed by atoms with Gasteiger partial charge in [-0.05, 0) is 76.2 Å². The Labute approximate surface area is 200 Å². The number of carbonyl (C=O) groups excluding carboxylic acids is 2. The Bertz CT molecular complexity index is 1120. The zero-order valence-corrected chi connectivity index (χ0v) is 19.9. The van der Waals surface area contributed by atoms with Crippen LogP contribution in [0, 0.1) is 27.7 Å². The average Bonchev–Trinajstić information content (AvgIpc) is 2.83. The number of esters is 2. The smallest absolute Gasteiger partial charge is 0.343 e. The van der Waals surface area contributed by atoms with E-state index in [1.54, 1.807) is 48.5 Å². The lowest BCUT2D eigenvalue weighted by atomic mass is 10.1. The van der Waals surface area contributed by atoms with Crippen molar-refractivity contribution in [2.75, 3.05) is 0 Å². The number of hydrogen-bond donors (Lipinski definition) is 0. The molecule has 172 valence electrons. The van der Waals surface area contributed by atoms with Gasteiger partial charge in [-0.2, -0.15) is 0 Å². The number of carbonyl (C=O) groups is 2. The lowest BCUT2D eigenvalue weighted by molar-refractivity contribution is 0.0725. The second kappa shape index (κ2) is 11.6. The van der Waals surface area contributed by atoms with Gasteiger partial charge < -0.3 is 9.47 Å². The van der Waals surface area contributed by atoms with Gasteiger partial charge in [0.05, 0.1) is 11.1 Å². The fourth-order valence-corrected chi connectivity index (χ4v) is 2.92. The molecule has 0 spiro atoms. The van der Waals surface area contributed by atoms with E-state index in [0.29, 0.717) is 22.6 Å². The molecule has 0 N–H and O–H groups in total.